The van der Waals surface area contributed by atoms with Crippen LogP contribution in [0.3, 0.4) is 0 Å². The third kappa shape index (κ3) is 7.32. The molecule has 0 aliphatic carbocycles. The predicted octanol–water partition coefficient (Wildman–Crippen LogP) is 6.07. The van der Waals surface area contributed by atoms with Crippen LogP contribution in [0.5, 0.6) is 0 Å². The van der Waals surface area contributed by atoms with Gasteiger partial charge in [0.15, 0.2) is 0 Å². The molecule has 17 nitrogen and oxygen atoms in total. The fraction of sp³-hybridized carbons (Fsp3) is 0.419. The maximum Gasteiger partial charge on any atom is 0.424 e. The van der Waals surface area contributed by atoms with Gasteiger partial charge in [0.25, 0.3) is 0 Å². The number of aromatic amines is 2. The van der Waals surface area contributed by atoms with Crippen LogP contribution in [0, 0.1) is 11.8 Å². The molecule has 4 aromatic heterocycles. The molecular formula is C43H49N9O8. The molecule has 4 N–H and O–H groups in total. The maximum atomic E-state index is 13.6. The number of carbonyl (C=O) groups is 4. The van der Waals surface area contributed by atoms with E-state index in [0.717, 1.165) is 46.9 Å². The summed E-state index contributed by atoms with van der Waals surface area (Å²) in [6.45, 7) is 8.60. The van der Waals surface area contributed by atoms with Crippen LogP contribution in [0.15, 0.2) is 64.1 Å². The topological polar surface area (TPSA) is 209 Å². The second-order valence-electron chi connectivity index (χ2n) is 16.2. The summed E-state index contributed by atoms with van der Waals surface area (Å²) in [7, 11) is 2.54. The van der Waals surface area contributed by atoms with Gasteiger partial charge in [-0.2, -0.15) is 0 Å². The minimum absolute atomic E-state index is 0.141. The number of fused-ring (bicyclic) bond motifs is 5. The highest BCUT2D eigenvalue weighted by molar-refractivity contribution is 6.01. The van der Waals surface area contributed by atoms with Gasteiger partial charge in [0.2, 0.25) is 11.8 Å². The largest absolute Gasteiger partial charge is 0.453 e. The molecule has 0 radical (unpaired) electrons. The number of benzene rings is 2. The van der Waals surface area contributed by atoms with Crippen molar-refractivity contribution < 1.29 is 33.1 Å². The molecule has 0 bridgehead atoms. The van der Waals surface area contributed by atoms with Crippen molar-refractivity contribution in [2.24, 2.45) is 11.8 Å². The molecule has 4 amide bonds. The highest BCUT2D eigenvalue weighted by Crippen LogP contribution is 2.36. The minimum Gasteiger partial charge on any atom is -0.453 e. The summed E-state index contributed by atoms with van der Waals surface area (Å²) >= 11 is 0. The fourth-order valence-corrected chi connectivity index (χ4v) is 8.59. The third-order valence-corrected chi connectivity index (χ3v) is 11.7. The molecule has 6 aromatic rings. The first-order chi connectivity index (χ1) is 28.9. The van der Waals surface area contributed by atoms with Gasteiger partial charge in [-0.25, -0.2) is 28.8 Å². The second kappa shape index (κ2) is 16.2. The summed E-state index contributed by atoms with van der Waals surface area (Å²) in [5.41, 5.74) is 4.86. The Morgan fingerprint density at radius 1 is 0.733 bits per heavy atom. The Kier molecular flexibility index (Phi) is 10.8. The lowest BCUT2D eigenvalue weighted by atomic mass is 10.0. The summed E-state index contributed by atoms with van der Waals surface area (Å²) in [5, 5.41) is 6.94. The van der Waals surface area contributed by atoms with Crippen LogP contribution in [0.1, 0.15) is 77.1 Å². The number of rotatable bonds is 10. The fourth-order valence-electron chi connectivity index (χ4n) is 8.59. The Labute approximate surface area is 344 Å². The van der Waals surface area contributed by atoms with Gasteiger partial charge in [0.1, 0.15) is 29.3 Å². The number of alkyl carbamates (subject to hydrolysis) is 2. The molecule has 60 heavy (non-hydrogen) atoms. The molecule has 2 saturated heterocycles. The lowest BCUT2D eigenvalue weighted by Crippen LogP contribution is -2.51. The van der Waals surface area contributed by atoms with Gasteiger partial charge in [-0.3, -0.25) is 9.59 Å². The van der Waals surface area contributed by atoms with Gasteiger partial charge in [-0.15, -0.1) is 0 Å². The zero-order valence-corrected chi connectivity index (χ0v) is 34.4. The van der Waals surface area contributed by atoms with E-state index in [4.69, 9.17) is 13.9 Å². The minimum atomic E-state index is -0.738. The van der Waals surface area contributed by atoms with E-state index < -0.39 is 30.0 Å². The Balaban J connectivity index is 1.04. The van der Waals surface area contributed by atoms with Crippen molar-refractivity contribution in [3.05, 3.63) is 77.1 Å². The number of ether oxygens (including phenoxy) is 2. The molecule has 0 spiro atoms. The van der Waals surface area contributed by atoms with E-state index in [1.54, 1.807) is 26.6 Å². The van der Waals surface area contributed by atoms with Crippen LogP contribution in [-0.4, -0.2) is 97.5 Å². The number of methoxy groups -OCH3 is 2. The van der Waals surface area contributed by atoms with E-state index >= 15 is 0 Å². The Morgan fingerprint density at radius 2 is 1.25 bits per heavy atom. The van der Waals surface area contributed by atoms with Crippen LogP contribution in [0.4, 0.5) is 9.59 Å². The highest BCUT2D eigenvalue weighted by atomic mass is 16.5. The number of H-pyrrole nitrogens is 2. The molecule has 17 heteroatoms. The monoisotopic (exact) mass is 819 g/mol. The highest BCUT2D eigenvalue weighted by Gasteiger charge is 2.39. The normalized spacial score (nSPS) is 17.9. The summed E-state index contributed by atoms with van der Waals surface area (Å²) < 4.78 is 17.0. The average Bonchev–Trinajstić information content (AvgIpc) is 4.09. The average molecular weight is 820 g/mol. The van der Waals surface area contributed by atoms with Crippen molar-refractivity contribution >= 4 is 51.4 Å². The van der Waals surface area contributed by atoms with Crippen molar-refractivity contribution in [1.29, 1.82) is 0 Å². The number of amides is 4. The number of nitrogens with one attached hydrogen (secondary N) is 4. The molecule has 8 rings (SSSR count). The van der Waals surface area contributed by atoms with Crippen LogP contribution < -0.4 is 16.4 Å². The zero-order chi connectivity index (χ0) is 42.4. The van der Waals surface area contributed by atoms with Crippen molar-refractivity contribution in [3.63, 3.8) is 0 Å². The summed E-state index contributed by atoms with van der Waals surface area (Å²) in [5.74, 6) is 0.105. The number of hydrogen-bond acceptors (Lipinski definition) is 10. The number of imidazole rings is 2. The Bertz CT molecular complexity index is 2670. The Morgan fingerprint density at radius 3 is 1.77 bits per heavy atom. The number of aromatic nitrogens is 5. The zero-order valence-electron chi connectivity index (χ0n) is 34.4. The van der Waals surface area contributed by atoms with Gasteiger partial charge < -0.3 is 44.3 Å². The summed E-state index contributed by atoms with van der Waals surface area (Å²) in [6.07, 6.45) is 5.20. The van der Waals surface area contributed by atoms with E-state index in [0.29, 0.717) is 53.5 Å². The van der Waals surface area contributed by atoms with Crippen molar-refractivity contribution in [1.82, 2.24) is 44.8 Å². The van der Waals surface area contributed by atoms with Crippen molar-refractivity contribution in [3.8, 4) is 22.5 Å². The molecule has 6 heterocycles. The smallest absolute Gasteiger partial charge is 0.424 e. The van der Waals surface area contributed by atoms with E-state index in [9.17, 15) is 24.0 Å². The molecule has 4 atom stereocenters. The number of carbonyl (C=O) groups excluding carboxylic acids is 4. The third-order valence-electron chi connectivity index (χ3n) is 11.7. The molecule has 2 fully saturated rings. The van der Waals surface area contributed by atoms with Crippen LogP contribution in [0.25, 0.3) is 49.9 Å². The van der Waals surface area contributed by atoms with Gasteiger partial charge in [0, 0.05) is 35.0 Å². The molecular weight excluding hydrogens is 771 g/mol. The van der Waals surface area contributed by atoms with E-state index in [2.05, 4.69) is 30.6 Å². The van der Waals surface area contributed by atoms with Gasteiger partial charge in [0.05, 0.1) is 61.1 Å². The number of likely N-dealkylation sites (tertiary alicyclic amines) is 2. The van der Waals surface area contributed by atoms with Gasteiger partial charge in [-0.05, 0) is 67.9 Å². The quantitative estimate of drug-likeness (QED) is 0.125. The molecule has 2 aliphatic rings. The lowest BCUT2D eigenvalue weighted by Gasteiger charge is -2.30. The summed E-state index contributed by atoms with van der Waals surface area (Å²) in [4.78, 5) is 84.5. The molecule has 2 aliphatic heterocycles. The SMILES string of the molecule is COC(=O)NC(C(=O)N1CCCC1c1ncc(-c2ccc3c(c2)cc2c4ccc(-c5cnc(C6CCCN6C(=O)C(NC(=O)OC)C(C)C)[nH]5)cc4oc(=O)n32)[nH]1)C(C)C. The maximum absolute atomic E-state index is 13.6. The lowest BCUT2D eigenvalue weighted by molar-refractivity contribution is -0.136. The Hall–Kier alpha value is -6.65. The molecule has 2 aromatic carbocycles. The van der Waals surface area contributed by atoms with E-state index in [1.165, 1.54) is 14.2 Å². The van der Waals surface area contributed by atoms with E-state index in [1.807, 2.05) is 70.2 Å². The standard InChI is InChI=1S/C43H49N9O8/c1-22(2)35(48-41(55)58-5)39(53)50-15-7-9-31(50)37-44-20-28(46-37)24-12-14-30-26(17-24)18-33-27-13-11-25(19-34(27)60-43(57)52(30)33)29-21-45-38(47-29)32-10-8-16-51(32)40(54)36(23(3)4)49-42(56)59-6/h11-14,17-23,31-32,35-36H,7-10,15-16H2,1-6H3,(H,44,46)(H,45,47)(H,48,55)(H,49,56). The van der Waals surface area contributed by atoms with E-state index in [-0.39, 0.29) is 35.7 Å². The van der Waals surface area contributed by atoms with Crippen LogP contribution >= 0.6 is 0 Å². The molecule has 314 valence electrons. The van der Waals surface area contributed by atoms with Crippen LogP contribution in [0.2, 0.25) is 0 Å². The van der Waals surface area contributed by atoms with Gasteiger partial charge in [-0.1, -0.05) is 39.8 Å². The molecule has 4 unspecified atom stereocenters. The predicted molar refractivity (Wildman–Crippen MR) is 222 cm³/mol. The van der Waals surface area contributed by atoms with Crippen LogP contribution in [-0.2, 0) is 19.1 Å². The second-order valence-corrected chi connectivity index (χ2v) is 16.2. The molecule has 0 saturated carbocycles. The van der Waals surface area contributed by atoms with Gasteiger partial charge >= 0.3 is 17.9 Å². The first-order valence-corrected chi connectivity index (χ1v) is 20.3. The number of hydrogen-bond donors (Lipinski definition) is 4. The first-order valence-electron chi connectivity index (χ1n) is 20.3. The first kappa shape index (κ1) is 40.1. The number of nitrogens with zero attached hydrogens (tertiary/aromatic N) is 5. The van der Waals surface area contributed by atoms with Crippen molar-refractivity contribution in [2.75, 3.05) is 27.3 Å². The summed E-state index contributed by atoms with van der Waals surface area (Å²) in [6, 6.07) is 11.4. The van der Waals surface area contributed by atoms with Crippen molar-refractivity contribution in [2.45, 2.75) is 77.5 Å².